The van der Waals surface area contributed by atoms with Crippen molar-refractivity contribution in [2.75, 3.05) is 18.4 Å². The number of hydroxylamine groups is 2. The predicted molar refractivity (Wildman–Crippen MR) is 142 cm³/mol. The summed E-state index contributed by atoms with van der Waals surface area (Å²) in [5.41, 5.74) is 1.61. The van der Waals surface area contributed by atoms with Gasteiger partial charge in [0.05, 0.1) is 12.5 Å². The Kier molecular flexibility index (Phi) is 9.48. The largest absolute Gasteiger partial charge is 0.464 e. The Morgan fingerprint density at radius 3 is 2.56 bits per heavy atom. The lowest BCUT2D eigenvalue weighted by atomic mass is 9.92. The van der Waals surface area contributed by atoms with Crippen molar-refractivity contribution in [1.29, 1.82) is 0 Å². The third kappa shape index (κ3) is 7.11. The molecule has 1 aliphatic carbocycles. The average molecular weight is 538 g/mol. The highest BCUT2D eigenvalue weighted by molar-refractivity contribution is 5.98. The van der Waals surface area contributed by atoms with Crippen LogP contribution in [0.3, 0.4) is 0 Å². The van der Waals surface area contributed by atoms with E-state index in [0.717, 1.165) is 51.9 Å². The molecule has 0 bridgehead atoms. The second-order valence-corrected chi connectivity index (χ2v) is 10.1. The molecule has 1 saturated carbocycles. The molecule has 1 aromatic carbocycles. The summed E-state index contributed by atoms with van der Waals surface area (Å²) in [5.74, 6) is -1.16. The lowest BCUT2D eigenvalue weighted by Gasteiger charge is -2.34. The van der Waals surface area contributed by atoms with E-state index >= 15 is 0 Å². The van der Waals surface area contributed by atoms with Gasteiger partial charge in [-0.3, -0.25) is 19.2 Å². The van der Waals surface area contributed by atoms with Crippen molar-refractivity contribution in [3.05, 3.63) is 59.8 Å². The number of hydrazine groups is 1. The van der Waals surface area contributed by atoms with Gasteiger partial charge in [0.1, 0.15) is 18.5 Å². The first-order chi connectivity index (χ1) is 18.9. The van der Waals surface area contributed by atoms with Gasteiger partial charge >= 0.3 is 6.09 Å². The molecule has 208 valence electrons. The summed E-state index contributed by atoms with van der Waals surface area (Å²) < 4.78 is 0. The highest BCUT2D eigenvalue weighted by Gasteiger charge is 2.45. The highest BCUT2D eigenvalue weighted by Crippen LogP contribution is 2.33. The van der Waals surface area contributed by atoms with Crippen molar-refractivity contribution in [3.63, 3.8) is 0 Å². The molecule has 1 aromatic heterocycles. The monoisotopic (exact) mass is 537 g/mol. The van der Waals surface area contributed by atoms with E-state index in [0.29, 0.717) is 18.6 Å². The average Bonchev–Trinajstić information content (AvgIpc) is 3.62. The SMILES string of the molecule is Cc1cccnc1NC(=O)[C@@H]1CCN(C(=O)O)N1C(=O)[C@H](CC1CCCC1)CN(C=O)OCc1ccccc1. The van der Waals surface area contributed by atoms with Gasteiger partial charge in [-0.2, -0.15) is 0 Å². The van der Waals surface area contributed by atoms with Crippen LogP contribution in [0.5, 0.6) is 0 Å². The van der Waals surface area contributed by atoms with Crippen molar-refractivity contribution >= 4 is 30.1 Å². The standard InChI is InChI=1S/C28H35N5O6/c1-20-8-7-14-29-25(20)30-26(35)24-13-15-32(28(37)38)33(24)27(36)23(16-21-9-5-6-10-21)17-31(19-34)39-18-22-11-3-2-4-12-22/h2-4,7-8,11-12,14,19,21,23-24H,5-6,9-10,13,15-18H2,1H3,(H,37,38)(H,29,30,35)/t23-,24+/m1/s1. The Balaban J connectivity index is 1.54. The quantitative estimate of drug-likeness (QED) is 0.331. The molecule has 0 radical (unpaired) electrons. The number of rotatable bonds is 11. The number of carbonyl (C=O) groups excluding carboxylic acids is 3. The molecule has 39 heavy (non-hydrogen) atoms. The van der Waals surface area contributed by atoms with Crippen LogP contribution in [0.25, 0.3) is 0 Å². The zero-order chi connectivity index (χ0) is 27.8. The van der Waals surface area contributed by atoms with E-state index < -0.39 is 29.9 Å². The molecular weight excluding hydrogens is 502 g/mol. The molecule has 4 rings (SSSR count). The van der Waals surface area contributed by atoms with Crippen LogP contribution in [0.4, 0.5) is 10.6 Å². The summed E-state index contributed by atoms with van der Waals surface area (Å²) in [5, 5.41) is 15.7. The molecule has 11 heteroatoms. The first-order valence-corrected chi connectivity index (χ1v) is 13.3. The molecule has 2 N–H and O–H groups in total. The molecule has 2 aliphatic rings. The molecule has 0 spiro atoms. The third-order valence-electron chi connectivity index (χ3n) is 7.37. The molecule has 0 unspecified atom stereocenters. The molecule has 4 amide bonds. The van der Waals surface area contributed by atoms with E-state index in [1.54, 1.807) is 25.3 Å². The number of nitrogens with one attached hydrogen (secondary N) is 1. The Morgan fingerprint density at radius 2 is 1.90 bits per heavy atom. The Hall–Kier alpha value is -3.99. The lowest BCUT2D eigenvalue weighted by Crippen LogP contribution is -2.54. The number of benzene rings is 1. The van der Waals surface area contributed by atoms with Gasteiger partial charge < -0.3 is 10.4 Å². The number of hydrogen-bond donors (Lipinski definition) is 2. The fourth-order valence-corrected chi connectivity index (χ4v) is 5.33. The van der Waals surface area contributed by atoms with Gasteiger partial charge in [-0.1, -0.05) is 62.1 Å². The maximum Gasteiger partial charge on any atom is 0.426 e. The van der Waals surface area contributed by atoms with E-state index in [2.05, 4.69) is 10.3 Å². The molecule has 2 atom stereocenters. The van der Waals surface area contributed by atoms with E-state index in [-0.39, 0.29) is 32.0 Å². The second-order valence-electron chi connectivity index (χ2n) is 10.1. The van der Waals surface area contributed by atoms with E-state index in [4.69, 9.17) is 4.84 Å². The van der Waals surface area contributed by atoms with Gasteiger partial charge in [-0.25, -0.2) is 24.9 Å². The minimum atomic E-state index is -1.32. The Labute approximate surface area is 227 Å². The predicted octanol–water partition coefficient (Wildman–Crippen LogP) is 3.61. The zero-order valence-corrected chi connectivity index (χ0v) is 22.1. The topological polar surface area (TPSA) is 132 Å². The van der Waals surface area contributed by atoms with Crippen molar-refractivity contribution in [1.82, 2.24) is 20.1 Å². The minimum absolute atomic E-state index is 0.00158. The Morgan fingerprint density at radius 1 is 1.15 bits per heavy atom. The number of aryl methyl sites for hydroxylation is 1. The maximum absolute atomic E-state index is 14.0. The fourth-order valence-electron chi connectivity index (χ4n) is 5.33. The van der Waals surface area contributed by atoms with Gasteiger partial charge in [0.25, 0.3) is 5.91 Å². The van der Waals surface area contributed by atoms with Crippen LogP contribution in [-0.4, -0.2) is 68.6 Å². The number of aromatic nitrogens is 1. The van der Waals surface area contributed by atoms with Crippen molar-refractivity contribution in [2.45, 2.75) is 58.1 Å². The van der Waals surface area contributed by atoms with Crippen LogP contribution in [0.15, 0.2) is 48.7 Å². The number of hydrogen-bond acceptors (Lipinski definition) is 6. The highest BCUT2D eigenvalue weighted by atomic mass is 16.7. The van der Waals surface area contributed by atoms with Crippen molar-refractivity contribution in [2.24, 2.45) is 11.8 Å². The van der Waals surface area contributed by atoms with Crippen LogP contribution in [0.1, 0.15) is 49.7 Å². The maximum atomic E-state index is 14.0. The number of pyridine rings is 1. The van der Waals surface area contributed by atoms with E-state index in [1.165, 1.54) is 0 Å². The van der Waals surface area contributed by atoms with Crippen LogP contribution in [-0.2, 0) is 25.8 Å². The molecule has 1 saturated heterocycles. The number of anilines is 1. The second kappa shape index (κ2) is 13.2. The zero-order valence-electron chi connectivity index (χ0n) is 22.1. The summed E-state index contributed by atoms with van der Waals surface area (Å²) in [6, 6.07) is 11.8. The van der Waals surface area contributed by atoms with Crippen molar-refractivity contribution in [3.8, 4) is 0 Å². The van der Waals surface area contributed by atoms with Crippen LogP contribution >= 0.6 is 0 Å². The Bertz CT molecular complexity index is 1160. The smallest absolute Gasteiger partial charge is 0.426 e. The summed E-state index contributed by atoms with van der Waals surface area (Å²) in [6.45, 7) is 1.88. The molecule has 2 heterocycles. The van der Waals surface area contributed by atoms with Gasteiger partial charge in [-0.15, -0.1) is 0 Å². The number of carbonyl (C=O) groups is 4. The summed E-state index contributed by atoms with van der Waals surface area (Å²) in [4.78, 5) is 61.2. The summed E-state index contributed by atoms with van der Waals surface area (Å²) in [6.07, 6.45) is 5.42. The van der Waals surface area contributed by atoms with Gasteiger partial charge in [0.2, 0.25) is 12.3 Å². The van der Waals surface area contributed by atoms with Crippen LogP contribution < -0.4 is 5.32 Å². The van der Waals surface area contributed by atoms with E-state index in [1.807, 2.05) is 30.3 Å². The van der Waals surface area contributed by atoms with Crippen LogP contribution in [0.2, 0.25) is 0 Å². The molecule has 2 fully saturated rings. The normalized spacial score (nSPS) is 18.1. The summed E-state index contributed by atoms with van der Waals surface area (Å²) in [7, 11) is 0. The van der Waals surface area contributed by atoms with Gasteiger partial charge in [-0.05, 0) is 42.9 Å². The number of amides is 4. The van der Waals surface area contributed by atoms with Crippen molar-refractivity contribution < 1.29 is 29.1 Å². The van der Waals surface area contributed by atoms with Gasteiger partial charge in [0.15, 0.2) is 0 Å². The first kappa shape index (κ1) is 28.0. The lowest BCUT2D eigenvalue weighted by molar-refractivity contribution is -0.185. The van der Waals surface area contributed by atoms with Gasteiger partial charge in [0, 0.05) is 12.7 Å². The summed E-state index contributed by atoms with van der Waals surface area (Å²) >= 11 is 0. The number of nitrogens with zero attached hydrogens (tertiary/aromatic N) is 4. The van der Waals surface area contributed by atoms with E-state index in [9.17, 15) is 24.3 Å². The number of carboxylic acid groups (broad SMARTS) is 1. The molecular formula is C28H35N5O6. The molecule has 1 aliphatic heterocycles. The minimum Gasteiger partial charge on any atom is -0.464 e. The van der Waals surface area contributed by atoms with Crippen LogP contribution in [0, 0.1) is 18.8 Å². The third-order valence-corrected chi connectivity index (χ3v) is 7.37. The molecule has 11 nitrogen and oxygen atoms in total. The fraction of sp³-hybridized carbons (Fsp3) is 0.464. The molecule has 2 aromatic rings. The first-order valence-electron chi connectivity index (χ1n) is 13.3.